The predicted molar refractivity (Wildman–Crippen MR) is 135 cm³/mol. The van der Waals surface area contributed by atoms with Crippen LogP contribution in [0.15, 0.2) is 65.5 Å². The average molecular weight is 468 g/mol. The fourth-order valence-corrected chi connectivity index (χ4v) is 4.11. The van der Waals surface area contributed by atoms with E-state index in [1.165, 1.54) is 4.40 Å². The van der Waals surface area contributed by atoms with E-state index in [1.807, 2.05) is 82.3 Å². The van der Waals surface area contributed by atoms with E-state index in [2.05, 4.69) is 15.4 Å². The molecular formula is C27H25N5O3. The molecule has 5 rings (SSSR count). The van der Waals surface area contributed by atoms with Crippen molar-refractivity contribution in [3.63, 3.8) is 0 Å². The van der Waals surface area contributed by atoms with Gasteiger partial charge in [0, 0.05) is 5.69 Å². The number of amides is 1. The minimum atomic E-state index is -0.443. The maximum Gasteiger partial charge on any atom is 0.351 e. The molecule has 35 heavy (non-hydrogen) atoms. The van der Waals surface area contributed by atoms with Gasteiger partial charge in [0.15, 0.2) is 0 Å². The molecule has 3 aromatic carbocycles. The Balaban J connectivity index is 1.59. The van der Waals surface area contributed by atoms with Crippen molar-refractivity contribution in [1.29, 1.82) is 0 Å². The van der Waals surface area contributed by atoms with Crippen LogP contribution in [0.3, 0.4) is 0 Å². The average Bonchev–Trinajstić information content (AvgIpc) is 3.16. The predicted octanol–water partition coefficient (Wildman–Crippen LogP) is 4.71. The maximum atomic E-state index is 13.4. The third kappa shape index (κ3) is 4.03. The van der Waals surface area contributed by atoms with Gasteiger partial charge in [-0.15, -0.1) is 5.10 Å². The van der Waals surface area contributed by atoms with E-state index in [4.69, 9.17) is 4.74 Å². The minimum Gasteiger partial charge on any atom is -0.436 e. The highest BCUT2D eigenvalue weighted by Gasteiger charge is 2.20. The highest BCUT2D eigenvalue weighted by Crippen LogP contribution is 2.29. The van der Waals surface area contributed by atoms with Crippen LogP contribution in [-0.2, 0) is 11.3 Å². The molecule has 0 fully saturated rings. The number of nitrogens with zero attached hydrogens (tertiary/aromatic N) is 4. The van der Waals surface area contributed by atoms with E-state index < -0.39 is 5.69 Å². The lowest BCUT2D eigenvalue weighted by molar-refractivity contribution is -0.117. The number of nitrogens with one attached hydrogen (secondary N) is 1. The summed E-state index contributed by atoms with van der Waals surface area (Å²) in [6.07, 6.45) is 0. The molecule has 0 radical (unpaired) electrons. The van der Waals surface area contributed by atoms with Crippen LogP contribution in [-0.4, -0.2) is 25.1 Å². The first-order chi connectivity index (χ1) is 16.8. The Morgan fingerprint density at radius 2 is 1.60 bits per heavy atom. The van der Waals surface area contributed by atoms with Crippen molar-refractivity contribution >= 4 is 28.3 Å². The summed E-state index contributed by atoms with van der Waals surface area (Å²) in [5, 5.41) is 7.36. The molecule has 0 saturated heterocycles. The molecule has 8 heteroatoms. The smallest absolute Gasteiger partial charge is 0.351 e. The second-order valence-corrected chi connectivity index (χ2v) is 8.62. The van der Waals surface area contributed by atoms with Crippen LogP contribution < -0.4 is 15.7 Å². The number of fused-ring (bicyclic) bond motifs is 3. The number of hydrogen-bond acceptors (Lipinski definition) is 5. The Morgan fingerprint density at radius 1 is 0.914 bits per heavy atom. The van der Waals surface area contributed by atoms with Gasteiger partial charge in [-0.1, -0.05) is 42.5 Å². The number of para-hydroxylation sites is 3. The molecule has 0 aliphatic carbocycles. The molecule has 0 bridgehead atoms. The first kappa shape index (κ1) is 22.3. The van der Waals surface area contributed by atoms with Gasteiger partial charge in [-0.2, -0.15) is 0 Å². The van der Waals surface area contributed by atoms with Gasteiger partial charge in [-0.3, -0.25) is 4.79 Å². The lowest BCUT2D eigenvalue weighted by atomic mass is 10.1. The van der Waals surface area contributed by atoms with E-state index in [9.17, 15) is 9.59 Å². The largest absolute Gasteiger partial charge is 0.436 e. The molecule has 2 heterocycles. The van der Waals surface area contributed by atoms with Crippen molar-refractivity contribution in [3.05, 3.63) is 93.4 Å². The number of rotatable bonds is 5. The number of carbonyl (C=O) groups excluding carboxylic acids is 1. The van der Waals surface area contributed by atoms with Crippen molar-refractivity contribution in [2.24, 2.45) is 0 Å². The Hall–Kier alpha value is -4.46. The van der Waals surface area contributed by atoms with Crippen LogP contribution in [0.25, 0.3) is 16.7 Å². The van der Waals surface area contributed by atoms with E-state index in [0.29, 0.717) is 16.8 Å². The van der Waals surface area contributed by atoms with Crippen LogP contribution in [0.4, 0.5) is 5.69 Å². The SMILES string of the molecule is Cc1cccc(Oc2nc3ccccc3n3c(=O)n(CC(=O)Nc4c(C)cccc4C)nc23)c1C. The number of ether oxygens (including phenoxy) is 1. The molecule has 1 amide bonds. The van der Waals surface area contributed by atoms with Gasteiger partial charge in [0.25, 0.3) is 5.88 Å². The first-order valence-electron chi connectivity index (χ1n) is 11.3. The summed E-state index contributed by atoms with van der Waals surface area (Å²) < 4.78 is 8.75. The van der Waals surface area contributed by atoms with Gasteiger partial charge in [-0.25, -0.2) is 18.9 Å². The fourth-order valence-electron chi connectivity index (χ4n) is 4.11. The van der Waals surface area contributed by atoms with Gasteiger partial charge in [0.2, 0.25) is 11.6 Å². The summed E-state index contributed by atoms with van der Waals surface area (Å²) in [5.41, 5.74) is 5.64. The van der Waals surface area contributed by atoms with Crippen LogP contribution in [0.1, 0.15) is 22.3 Å². The van der Waals surface area contributed by atoms with Crippen molar-refractivity contribution in [1.82, 2.24) is 19.2 Å². The number of aryl methyl sites for hydroxylation is 3. The highest BCUT2D eigenvalue weighted by atomic mass is 16.5. The van der Waals surface area contributed by atoms with Crippen LogP contribution in [0.2, 0.25) is 0 Å². The zero-order chi connectivity index (χ0) is 24.7. The summed E-state index contributed by atoms with van der Waals surface area (Å²) in [6.45, 7) is 7.57. The second kappa shape index (κ2) is 8.72. The minimum absolute atomic E-state index is 0.198. The van der Waals surface area contributed by atoms with Gasteiger partial charge >= 0.3 is 5.69 Å². The Kier molecular flexibility index (Phi) is 5.56. The van der Waals surface area contributed by atoms with Gasteiger partial charge in [0.05, 0.1) is 11.0 Å². The number of hydrogen-bond donors (Lipinski definition) is 1. The third-order valence-electron chi connectivity index (χ3n) is 6.18. The third-order valence-corrected chi connectivity index (χ3v) is 6.18. The first-order valence-corrected chi connectivity index (χ1v) is 11.3. The van der Waals surface area contributed by atoms with Crippen molar-refractivity contribution < 1.29 is 9.53 Å². The van der Waals surface area contributed by atoms with E-state index >= 15 is 0 Å². The molecule has 0 saturated carbocycles. The molecule has 176 valence electrons. The van der Waals surface area contributed by atoms with Crippen molar-refractivity contribution in [2.75, 3.05) is 5.32 Å². The summed E-state index contributed by atoms with van der Waals surface area (Å²) in [4.78, 5) is 30.9. The quantitative estimate of drug-likeness (QED) is 0.404. The molecular weight excluding hydrogens is 442 g/mol. The zero-order valence-corrected chi connectivity index (χ0v) is 20.0. The number of carbonyl (C=O) groups is 1. The Bertz CT molecular complexity index is 1650. The normalized spacial score (nSPS) is 11.2. The Labute approximate surface area is 201 Å². The standard InChI is InChI=1S/C27H25N5O3/c1-16-9-8-14-22(19(16)4)35-26-25-30-31(15-23(33)29-24-17(2)10-7-11-18(24)3)27(34)32(25)21-13-6-5-12-20(21)28-26/h5-14H,15H2,1-4H3,(H,29,33). The van der Waals surface area contributed by atoms with E-state index in [1.54, 1.807) is 6.07 Å². The van der Waals surface area contributed by atoms with Gasteiger partial charge < -0.3 is 10.1 Å². The molecule has 0 aliphatic heterocycles. The molecule has 0 atom stereocenters. The lowest BCUT2D eigenvalue weighted by Gasteiger charge is -2.11. The van der Waals surface area contributed by atoms with Gasteiger partial charge in [-0.05, 0) is 68.1 Å². The number of benzene rings is 3. The van der Waals surface area contributed by atoms with Crippen molar-refractivity contribution in [2.45, 2.75) is 34.2 Å². The molecule has 5 aromatic rings. The number of aromatic nitrogens is 4. The second-order valence-electron chi connectivity index (χ2n) is 8.62. The molecule has 0 unspecified atom stereocenters. The maximum absolute atomic E-state index is 13.4. The topological polar surface area (TPSA) is 90.5 Å². The summed E-state index contributed by atoms with van der Waals surface area (Å²) in [5.74, 6) is 0.482. The summed E-state index contributed by atoms with van der Waals surface area (Å²) >= 11 is 0. The molecule has 8 nitrogen and oxygen atoms in total. The monoisotopic (exact) mass is 467 g/mol. The summed E-state index contributed by atoms with van der Waals surface area (Å²) in [6, 6.07) is 18.8. The molecule has 0 aliphatic rings. The fraction of sp³-hybridized carbons (Fsp3) is 0.185. The highest BCUT2D eigenvalue weighted by molar-refractivity contribution is 5.92. The molecule has 0 spiro atoms. The number of anilines is 1. The molecule has 1 N–H and O–H groups in total. The van der Waals surface area contributed by atoms with Gasteiger partial charge in [0.1, 0.15) is 12.3 Å². The van der Waals surface area contributed by atoms with E-state index in [-0.39, 0.29) is 24.0 Å². The van der Waals surface area contributed by atoms with Crippen LogP contribution in [0, 0.1) is 27.7 Å². The van der Waals surface area contributed by atoms with Crippen LogP contribution >= 0.6 is 0 Å². The zero-order valence-electron chi connectivity index (χ0n) is 20.0. The van der Waals surface area contributed by atoms with Crippen LogP contribution in [0.5, 0.6) is 11.6 Å². The summed E-state index contributed by atoms with van der Waals surface area (Å²) in [7, 11) is 0. The molecule has 2 aromatic heterocycles. The lowest BCUT2D eigenvalue weighted by Crippen LogP contribution is -2.28. The van der Waals surface area contributed by atoms with Crippen molar-refractivity contribution in [3.8, 4) is 11.6 Å². The van der Waals surface area contributed by atoms with E-state index in [0.717, 1.165) is 32.6 Å². The Morgan fingerprint density at radius 3 is 2.37 bits per heavy atom.